The summed E-state index contributed by atoms with van der Waals surface area (Å²) in [6.07, 6.45) is 1.38. The highest BCUT2D eigenvalue weighted by Gasteiger charge is 2.18. The summed E-state index contributed by atoms with van der Waals surface area (Å²) in [7, 11) is 0. The fourth-order valence-corrected chi connectivity index (χ4v) is 1.67. The second kappa shape index (κ2) is 6.89. The Morgan fingerprint density at radius 2 is 2.16 bits per heavy atom. The molecule has 0 spiro atoms. The highest BCUT2D eigenvalue weighted by atomic mass is 16.6. The van der Waals surface area contributed by atoms with Crippen LogP contribution in [0.1, 0.15) is 31.3 Å². The number of rotatable bonds is 7. The number of aryl methyl sites for hydroxylation is 1. The number of hydrogen-bond donors (Lipinski definition) is 2. The van der Waals surface area contributed by atoms with Crippen molar-refractivity contribution in [2.45, 2.75) is 33.4 Å². The van der Waals surface area contributed by atoms with Crippen molar-refractivity contribution in [2.24, 2.45) is 0 Å². The number of amides is 1. The monoisotopic (exact) mass is 268 g/mol. The molecule has 1 heterocycles. The van der Waals surface area contributed by atoms with Crippen LogP contribution < -0.4 is 10.6 Å². The predicted octanol–water partition coefficient (Wildman–Crippen LogP) is 1.14. The number of nitrogens with zero attached hydrogens (tertiary/aromatic N) is 2. The first-order chi connectivity index (χ1) is 8.95. The third kappa shape index (κ3) is 4.36. The molecule has 0 fully saturated rings. The molecule has 0 aromatic carbocycles. The van der Waals surface area contributed by atoms with E-state index < -0.39 is 4.92 Å². The molecule has 0 unspecified atom stereocenters. The van der Waals surface area contributed by atoms with Crippen LogP contribution in [0.4, 0.5) is 5.69 Å². The number of nitrogens with one attached hydrogen (secondary N) is 2. The maximum atomic E-state index is 11.9. The number of hydrogen-bond acceptors (Lipinski definition) is 4. The van der Waals surface area contributed by atoms with Gasteiger partial charge in [0.1, 0.15) is 5.69 Å². The van der Waals surface area contributed by atoms with Crippen molar-refractivity contribution < 1.29 is 9.72 Å². The number of carbonyl (C=O) groups is 1. The van der Waals surface area contributed by atoms with E-state index in [2.05, 4.69) is 10.6 Å². The van der Waals surface area contributed by atoms with Gasteiger partial charge in [-0.2, -0.15) is 0 Å². The minimum atomic E-state index is -0.497. The Labute approximate surface area is 112 Å². The van der Waals surface area contributed by atoms with E-state index in [1.165, 1.54) is 12.3 Å². The van der Waals surface area contributed by atoms with E-state index >= 15 is 0 Å². The second-order valence-corrected chi connectivity index (χ2v) is 4.49. The zero-order chi connectivity index (χ0) is 14.4. The van der Waals surface area contributed by atoms with Gasteiger partial charge in [-0.3, -0.25) is 14.9 Å². The number of nitro groups is 1. The summed E-state index contributed by atoms with van der Waals surface area (Å²) in [5, 5.41) is 16.6. The van der Waals surface area contributed by atoms with Gasteiger partial charge in [-0.25, -0.2) is 0 Å². The third-order valence-electron chi connectivity index (χ3n) is 2.63. The Hall–Kier alpha value is -1.89. The van der Waals surface area contributed by atoms with Crippen molar-refractivity contribution in [1.29, 1.82) is 0 Å². The molecule has 1 rings (SSSR count). The minimum Gasteiger partial charge on any atom is -0.349 e. The molecule has 0 aliphatic heterocycles. The highest BCUT2D eigenvalue weighted by Crippen LogP contribution is 2.16. The van der Waals surface area contributed by atoms with Gasteiger partial charge < -0.3 is 15.2 Å². The maximum absolute atomic E-state index is 11.9. The van der Waals surface area contributed by atoms with Crippen molar-refractivity contribution in [1.82, 2.24) is 15.2 Å². The predicted molar refractivity (Wildman–Crippen MR) is 72.2 cm³/mol. The van der Waals surface area contributed by atoms with Crippen molar-refractivity contribution in [3.63, 3.8) is 0 Å². The molecule has 0 atom stereocenters. The van der Waals surface area contributed by atoms with E-state index in [4.69, 9.17) is 0 Å². The van der Waals surface area contributed by atoms with Gasteiger partial charge in [0, 0.05) is 31.7 Å². The van der Waals surface area contributed by atoms with Crippen molar-refractivity contribution in [2.75, 3.05) is 13.1 Å². The summed E-state index contributed by atoms with van der Waals surface area (Å²) in [4.78, 5) is 22.1. The highest BCUT2D eigenvalue weighted by molar-refractivity contribution is 5.93. The van der Waals surface area contributed by atoms with E-state index in [0.717, 1.165) is 0 Å². The van der Waals surface area contributed by atoms with Crippen LogP contribution in [0.15, 0.2) is 12.3 Å². The topological polar surface area (TPSA) is 89.2 Å². The average Bonchev–Trinajstić information content (AvgIpc) is 2.78. The Morgan fingerprint density at radius 1 is 1.47 bits per heavy atom. The summed E-state index contributed by atoms with van der Waals surface area (Å²) < 4.78 is 1.57. The fraction of sp³-hybridized carbons (Fsp3) is 0.583. The molecule has 2 N–H and O–H groups in total. The van der Waals surface area contributed by atoms with E-state index in [1.807, 2.05) is 20.8 Å². The summed E-state index contributed by atoms with van der Waals surface area (Å²) in [6, 6.07) is 1.66. The van der Waals surface area contributed by atoms with E-state index in [9.17, 15) is 14.9 Å². The zero-order valence-corrected chi connectivity index (χ0v) is 11.5. The lowest BCUT2D eigenvalue weighted by Gasteiger charge is -2.09. The molecule has 7 nitrogen and oxygen atoms in total. The van der Waals surface area contributed by atoms with E-state index in [-0.39, 0.29) is 11.6 Å². The Morgan fingerprint density at radius 3 is 2.68 bits per heavy atom. The first kappa shape index (κ1) is 15.2. The lowest BCUT2D eigenvalue weighted by molar-refractivity contribution is -0.384. The SMILES string of the molecule is CCn1cc([N+](=O)[O-])cc1C(=O)NCCNC(C)C. The molecule has 106 valence electrons. The van der Waals surface area contributed by atoms with Crippen LogP contribution in [0.25, 0.3) is 0 Å². The minimum absolute atomic E-state index is 0.0627. The summed E-state index contributed by atoms with van der Waals surface area (Å²) in [6.45, 7) is 7.54. The molecule has 1 amide bonds. The maximum Gasteiger partial charge on any atom is 0.287 e. The first-order valence-corrected chi connectivity index (χ1v) is 6.31. The Balaban J connectivity index is 2.63. The molecule has 0 aliphatic rings. The van der Waals surface area contributed by atoms with Gasteiger partial charge in [-0.15, -0.1) is 0 Å². The van der Waals surface area contributed by atoms with E-state index in [0.29, 0.717) is 31.4 Å². The fourth-order valence-electron chi connectivity index (χ4n) is 1.67. The van der Waals surface area contributed by atoms with Gasteiger partial charge in [0.25, 0.3) is 11.6 Å². The van der Waals surface area contributed by atoms with Crippen LogP contribution in [-0.2, 0) is 6.54 Å². The molecule has 7 heteroatoms. The van der Waals surface area contributed by atoms with Gasteiger partial charge in [0.05, 0.1) is 11.1 Å². The zero-order valence-electron chi connectivity index (χ0n) is 11.5. The van der Waals surface area contributed by atoms with Crippen LogP contribution in [0.5, 0.6) is 0 Å². The molecule has 1 aromatic rings. The molecule has 0 saturated heterocycles. The van der Waals surface area contributed by atoms with Crippen molar-refractivity contribution in [3.05, 3.63) is 28.1 Å². The van der Waals surface area contributed by atoms with Crippen LogP contribution in [0.2, 0.25) is 0 Å². The molecule has 0 radical (unpaired) electrons. The lowest BCUT2D eigenvalue weighted by Crippen LogP contribution is -2.35. The molecule has 1 aromatic heterocycles. The van der Waals surface area contributed by atoms with Crippen molar-refractivity contribution >= 4 is 11.6 Å². The number of carbonyl (C=O) groups excluding carboxylic acids is 1. The van der Waals surface area contributed by atoms with Crippen LogP contribution in [-0.4, -0.2) is 34.5 Å². The van der Waals surface area contributed by atoms with E-state index in [1.54, 1.807) is 4.57 Å². The second-order valence-electron chi connectivity index (χ2n) is 4.49. The average molecular weight is 268 g/mol. The molecular formula is C12H20N4O3. The largest absolute Gasteiger partial charge is 0.349 e. The number of aromatic nitrogens is 1. The lowest BCUT2D eigenvalue weighted by atomic mass is 10.3. The summed E-state index contributed by atoms with van der Waals surface area (Å²) in [5.74, 6) is -0.291. The molecule has 0 aliphatic carbocycles. The summed E-state index contributed by atoms with van der Waals surface area (Å²) >= 11 is 0. The third-order valence-corrected chi connectivity index (χ3v) is 2.63. The normalized spacial score (nSPS) is 10.7. The van der Waals surface area contributed by atoms with Gasteiger partial charge in [0.15, 0.2) is 0 Å². The van der Waals surface area contributed by atoms with Crippen molar-refractivity contribution in [3.8, 4) is 0 Å². The van der Waals surface area contributed by atoms with Crippen LogP contribution in [0, 0.1) is 10.1 Å². The Kier molecular flexibility index (Phi) is 5.50. The van der Waals surface area contributed by atoms with Gasteiger partial charge in [-0.05, 0) is 6.92 Å². The van der Waals surface area contributed by atoms with Gasteiger partial charge >= 0.3 is 0 Å². The smallest absolute Gasteiger partial charge is 0.287 e. The molecule has 0 saturated carbocycles. The quantitative estimate of drug-likeness (QED) is 0.441. The van der Waals surface area contributed by atoms with Crippen LogP contribution in [0.3, 0.4) is 0 Å². The first-order valence-electron chi connectivity index (χ1n) is 6.31. The Bertz CT molecular complexity index is 454. The van der Waals surface area contributed by atoms with Crippen LogP contribution >= 0.6 is 0 Å². The summed E-state index contributed by atoms with van der Waals surface area (Å²) in [5.41, 5.74) is 0.256. The molecule has 19 heavy (non-hydrogen) atoms. The van der Waals surface area contributed by atoms with Gasteiger partial charge in [-0.1, -0.05) is 13.8 Å². The molecular weight excluding hydrogens is 248 g/mol. The molecule has 0 bridgehead atoms. The van der Waals surface area contributed by atoms with Gasteiger partial charge in [0.2, 0.25) is 0 Å². The standard InChI is InChI=1S/C12H20N4O3/c1-4-15-8-10(16(18)19)7-11(15)12(17)14-6-5-13-9(2)3/h7-9,13H,4-6H2,1-3H3,(H,14,17).